The monoisotopic (exact) mass is 294 g/mol. The van der Waals surface area contributed by atoms with E-state index in [9.17, 15) is 4.79 Å². The van der Waals surface area contributed by atoms with Crippen molar-refractivity contribution < 1.29 is 4.79 Å². The molecule has 3 rings (SSSR count). The van der Waals surface area contributed by atoms with Crippen LogP contribution < -0.4 is 5.32 Å². The lowest BCUT2D eigenvalue weighted by Crippen LogP contribution is -2.38. The van der Waals surface area contributed by atoms with Crippen molar-refractivity contribution >= 4 is 11.7 Å². The number of hydrogen-bond donors (Lipinski definition) is 1. The molecule has 0 aliphatic carbocycles. The van der Waals surface area contributed by atoms with E-state index < -0.39 is 0 Å². The van der Waals surface area contributed by atoms with Gasteiger partial charge in [0.2, 0.25) is 0 Å². The van der Waals surface area contributed by atoms with E-state index in [1.54, 1.807) is 0 Å². The quantitative estimate of drug-likeness (QED) is 0.890. The van der Waals surface area contributed by atoms with E-state index >= 15 is 0 Å². The van der Waals surface area contributed by atoms with Crippen LogP contribution in [-0.4, -0.2) is 17.5 Å². The third kappa shape index (κ3) is 2.98. The summed E-state index contributed by atoms with van der Waals surface area (Å²) in [6.45, 7) is 5.67. The molecular formula is C19H22N2O. The number of carbonyl (C=O) groups excluding carboxylic acids is 1. The van der Waals surface area contributed by atoms with Crippen LogP contribution in [-0.2, 0) is 13.0 Å². The van der Waals surface area contributed by atoms with Gasteiger partial charge in [0.25, 0.3) is 0 Å². The highest BCUT2D eigenvalue weighted by Crippen LogP contribution is 2.29. The standard InChI is InChI=1S/C19H22N2O/c1-3-21-13-17-10-9-16(12-18(17)20-19(21)22)14(2)11-15-7-5-4-6-8-15/h4-10,12,14H,3,11,13H2,1-2H3,(H,20,22). The van der Waals surface area contributed by atoms with Crippen molar-refractivity contribution in [1.29, 1.82) is 0 Å². The Hall–Kier alpha value is -2.29. The van der Waals surface area contributed by atoms with E-state index in [1.807, 2.05) is 17.9 Å². The van der Waals surface area contributed by atoms with Crippen LogP contribution in [0.15, 0.2) is 48.5 Å². The maximum Gasteiger partial charge on any atom is 0.322 e. The van der Waals surface area contributed by atoms with Crippen molar-refractivity contribution in [1.82, 2.24) is 4.90 Å². The van der Waals surface area contributed by atoms with E-state index in [-0.39, 0.29) is 6.03 Å². The lowest BCUT2D eigenvalue weighted by Gasteiger charge is -2.29. The van der Waals surface area contributed by atoms with Crippen LogP contribution in [0.4, 0.5) is 10.5 Å². The van der Waals surface area contributed by atoms with Gasteiger partial charge in [0, 0.05) is 18.8 Å². The molecule has 2 amide bonds. The SMILES string of the molecule is CCN1Cc2ccc(C(C)Cc3ccccc3)cc2NC1=O. The predicted octanol–water partition coefficient (Wildman–Crippen LogP) is 4.40. The number of amides is 2. The number of rotatable bonds is 4. The van der Waals surface area contributed by atoms with Crippen molar-refractivity contribution in [2.45, 2.75) is 32.7 Å². The van der Waals surface area contributed by atoms with Crippen molar-refractivity contribution in [3.63, 3.8) is 0 Å². The Morgan fingerprint density at radius 1 is 1.18 bits per heavy atom. The van der Waals surface area contributed by atoms with Crippen molar-refractivity contribution in [3.8, 4) is 0 Å². The van der Waals surface area contributed by atoms with Gasteiger partial charge < -0.3 is 10.2 Å². The van der Waals surface area contributed by atoms with Gasteiger partial charge in [-0.05, 0) is 42.0 Å². The van der Waals surface area contributed by atoms with Gasteiger partial charge in [0.15, 0.2) is 0 Å². The van der Waals surface area contributed by atoms with Crippen molar-refractivity contribution in [2.75, 3.05) is 11.9 Å². The number of nitrogens with zero attached hydrogens (tertiary/aromatic N) is 1. The molecule has 0 saturated carbocycles. The smallest absolute Gasteiger partial charge is 0.320 e. The van der Waals surface area contributed by atoms with Crippen LogP contribution in [0.2, 0.25) is 0 Å². The average Bonchev–Trinajstić information content (AvgIpc) is 2.54. The Balaban J connectivity index is 1.79. The molecule has 1 heterocycles. The Kier molecular flexibility index (Phi) is 4.14. The second-order valence-electron chi connectivity index (χ2n) is 5.95. The minimum Gasteiger partial charge on any atom is -0.320 e. The fourth-order valence-electron chi connectivity index (χ4n) is 2.97. The van der Waals surface area contributed by atoms with Gasteiger partial charge in [-0.3, -0.25) is 0 Å². The molecule has 3 heteroatoms. The van der Waals surface area contributed by atoms with Crippen LogP contribution in [0.1, 0.15) is 36.5 Å². The number of fused-ring (bicyclic) bond motifs is 1. The second kappa shape index (κ2) is 6.22. The highest BCUT2D eigenvalue weighted by molar-refractivity contribution is 5.92. The topological polar surface area (TPSA) is 32.3 Å². The summed E-state index contributed by atoms with van der Waals surface area (Å²) in [5, 5.41) is 3.01. The van der Waals surface area contributed by atoms with Crippen LogP contribution in [0.5, 0.6) is 0 Å². The average molecular weight is 294 g/mol. The maximum atomic E-state index is 12.0. The van der Waals surface area contributed by atoms with Gasteiger partial charge in [-0.15, -0.1) is 0 Å². The van der Waals surface area contributed by atoms with Gasteiger partial charge in [0.1, 0.15) is 0 Å². The molecule has 0 radical (unpaired) electrons. The molecule has 2 aromatic carbocycles. The van der Waals surface area contributed by atoms with E-state index in [2.05, 4.69) is 54.7 Å². The van der Waals surface area contributed by atoms with Crippen LogP contribution in [0, 0.1) is 0 Å². The Labute approximate surface area is 132 Å². The van der Waals surface area contributed by atoms with Gasteiger partial charge in [-0.2, -0.15) is 0 Å². The first kappa shape index (κ1) is 14.6. The molecule has 1 N–H and O–H groups in total. The molecule has 1 unspecified atom stereocenters. The number of anilines is 1. The van der Waals surface area contributed by atoms with Crippen LogP contribution >= 0.6 is 0 Å². The first-order valence-electron chi connectivity index (χ1n) is 7.90. The van der Waals surface area contributed by atoms with E-state index in [0.29, 0.717) is 12.5 Å². The van der Waals surface area contributed by atoms with E-state index in [4.69, 9.17) is 0 Å². The molecule has 0 saturated heterocycles. The molecule has 3 nitrogen and oxygen atoms in total. The van der Waals surface area contributed by atoms with E-state index in [1.165, 1.54) is 16.7 Å². The van der Waals surface area contributed by atoms with Gasteiger partial charge in [-0.1, -0.05) is 49.4 Å². The summed E-state index contributed by atoms with van der Waals surface area (Å²) in [6.07, 6.45) is 1.01. The van der Waals surface area contributed by atoms with Gasteiger partial charge >= 0.3 is 6.03 Å². The fraction of sp³-hybridized carbons (Fsp3) is 0.316. The predicted molar refractivity (Wildman–Crippen MR) is 90.1 cm³/mol. The van der Waals surface area contributed by atoms with Crippen molar-refractivity contribution in [2.24, 2.45) is 0 Å². The Bertz CT molecular complexity index is 666. The Morgan fingerprint density at radius 2 is 1.95 bits per heavy atom. The second-order valence-corrected chi connectivity index (χ2v) is 5.95. The largest absolute Gasteiger partial charge is 0.322 e. The molecule has 0 bridgehead atoms. The summed E-state index contributed by atoms with van der Waals surface area (Å²) < 4.78 is 0. The molecule has 1 atom stereocenters. The molecule has 22 heavy (non-hydrogen) atoms. The molecule has 114 valence electrons. The zero-order valence-electron chi connectivity index (χ0n) is 13.2. The number of urea groups is 1. The molecule has 0 fully saturated rings. The normalized spacial score (nSPS) is 15.2. The van der Waals surface area contributed by atoms with Gasteiger partial charge in [0.05, 0.1) is 0 Å². The lowest BCUT2D eigenvalue weighted by molar-refractivity contribution is 0.210. The van der Waals surface area contributed by atoms with E-state index in [0.717, 1.165) is 18.7 Å². The zero-order valence-corrected chi connectivity index (χ0v) is 13.2. The summed E-state index contributed by atoms with van der Waals surface area (Å²) in [5.41, 5.74) is 4.77. The zero-order chi connectivity index (χ0) is 15.5. The third-order valence-corrected chi connectivity index (χ3v) is 4.36. The van der Waals surface area contributed by atoms with Crippen LogP contribution in [0.3, 0.4) is 0 Å². The summed E-state index contributed by atoms with van der Waals surface area (Å²) in [5.74, 6) is 0.425. The van der Waals surface area contributed by atoms with Crippen LogP contribution in [0.25, 0.3) is 0 Å². The summed E-state index contributed by atoms with van der Waals surface area (Å²) in [6, 6.07) is 17.0. The summed E-state index contributed by atoms with van der Waals surface area (Å²) in [7, 11) is 0. The first-order valence-corrected chi connectivity index (χ1v) is 7.90. The molecule has 1 aliphatic rings. The maximum absolute atomic E-state index is 12.0. The number of hydrogen-bond acceptors (Lipinski definition) is 1. The molecule has 2 aromatic rings. The van der Waals surface area contributed by atoms with Crippen molar-refractivity contribution in [3.05, 3.63) is 65.2 Å². The summed E-state index contributed by atoms with van der Waals surface area (Å²) in [4.78, 5) is 13.8. The number of benzene rings is 2. The molecular weight excluding hydrogens is 272 g/mol. The fourth-order valence-corrected chi connectivity index (χ4v) is 2.97. The first-order chi connectivity index (χ1) is 10.7. The number of carbonyl (C=O) groups is 1. The highest BCUT2D eigenvalue weighted by atomic mass is 16.2. The Morgan fingerprint density at radius 3 is 2.68 bits per heavy atom. The molecule has 0 aromatic heterocycles. The third-order valence-electron chi connectivity index (χ3n) is 4.36. The minimum atomic E-state index is 0.00265. The van der Waals surface area contributed by atoms with Gasteiger partial charge in [-0.25, -0.2) is 4.79 Å². The summed E-state index contributed by atoms with van der Waals surface area (Å²) >= 11 is 0. The highest BCUT2D eigenvalue weighted by Gasteiger charge is 2.21. The molecule has 0 spiro atoms. The number of nitrogens with one attached hydrogen (secondary N) is 1. The lowest BCUT2D eigenvalue weighted by atomic mass is 9.92. The minimum absolute atomic E-state index is 0.00265. The molecule has 1 aliphatic heterocycles.